The van der Waals surface area contributed by atoms with Crippen LogP contribution in [0.3, 0.4) is 0 Å². The normalized spacial score (nSPS) is 21.0. The van der Waals surface area contributed by atoms with Gasteiger partial charge in [0.05, 0.1) is 18.2 Å². The first-order valence-corrected chi connectivity index (χ1v) is 7.41. The Balaban J connectivity index is 1.57. The number of pyridine rings is 1. The van der Waals surface area contributed by atoms with Gasteiger partial charge in [-0.05, 0) is 44.5 Å². The lowest BCUT2D eigenvalue weighted by atomic mass is 10.1. The van der Waals surface area contributed by atoms with Crippen molar-refractivity contribution < 1.29 is 9.47 Å². The van der Waals surface area contributed by atoms with Crippen LogP contribution in [0, 0.1) is 6.92 Å². The van der Waals surface area contributed by atoms with Crippen molar-refractivity contribution in [1.29, 1.82) is 0 Å². The quantitative estimate of drug-likeness (QED) is 0.938. The molecular formula is C17H22N2O2. The van der Waals surface area contributed by atoms with Crippen LogP contribution in [-0.4, -0.2) is 30.0 Å². The number of fused-ring (bicyclic) bond motifs is 1. The Labute approximate surface area is 125 Å². The van der Waals surface area contributed by atoms with Crippen molar-refractivity contribution in [1.82, 2.24) is 10.3 Å². The molecule has 1 saturated heterocycles. The molecular weight excluding hydrogens is 264 g/mol. The zero-order valence-electron chi connectivity index (χ0n) is 12.8. The topological polar surface area (TPSA) is 43.4 Å². The van der Waals surface area contributed by atoms with Crippen LogP contribution in [0.4, 0.5) is 0 Å². The maximum Gasteiger partial charge on any atom is 0.163 e. The number of nitrogens with zero attached hydrogens (tertiary/aromatic N) is 1. The summed E-state index contributed by atoms with van der Waals surface area (Å²) in [5.41, 5.74) is 3.36. The standard InChI is InChI=1S/C17H22N2O2/c1-12-4-6-14-8-13(5-7-16(14)19-12)9-18-10-15-11-20-17(2,3)21-15/h4-8,15,18H,9-11H2,1-3H3. The van der Waals surface area contributed by atoms with Gasteiger partial charge in [0, 0.05) is 24.2 Å². The molecule has 0 bridgehead atoms. The first-order chi connectivity index (χ1) is 10.0. The maximum atomic E-state index is 5.78. The molecule has 21 heavy (non-hydrogen) atoms. The van der Waals surface area contributed by atoms with Gasteiger partial charge in [0.1, 0.15) is 0 Å². The minimum atomic E-state index is -0.446. The smallest absolute Gasteiger partial charge is 0.163 e. The zero-order valence-corrected chi connectivity index (χ0v) is 12.8. The van der Waals surface area contributed by atoms with Crippen LogP contribution in [0.5, 0.6) is 0 Å². The molecule has 4 nitrogen and oxygen atoms in total. The Morgan fingerprint density at radius 1 is 1.29 bits per heavy atom. The van der Waals surface area contributed by atoms with E-state index in [4.69, 9.17) is 9.47 Å². The molecule has 0 amide bonds. The third-order valence-electron chi connectivity index (χ3n) is 3.66. The summed E-state index contributed by atoms with van der Waals surface area (Å²) in [4.78, 5) is 4.52. The largest absolute Gasteiger partial charge is 0.348 e. The number of aromatic nitrogens is 1. The third kappa shape index (κ3) is 3.59. The highest BCUT2D eigenvalue weighted by atomic mass is 16.7. The summed E-state index contributed by atoms with van der Waals surface area (Å²) in [6.45, 7) is 8.19. The van der Waals surface area contributed by atoms with E-state index in [1.54, 1.807) is 0 Å². The number of aryl methyl sites for hydroxylation is 1. The second-order valence-electron chi connectivity index (χ2n) is 6.06. The summed E-state index contributed by atoms with van der Waals surface area (Å²) in [5, 5.41) is 4.61. The molecule has 2 aromatic rings. The molecule has 1 aliphatic heterocycles. The molecule has 0 radical (unpaired) electrons. The summed E-state index contributed by atoms with van der Waals surface area (Å²) >= 11 is 0. The third-order valence-corrected chi connectivity index (χ3v) is 3.66. The van der Waals surface area contributed by atoms with Crippen molar-refractivity contribution in [3.05, 3.63) is 41.6 Å². The van der Waals surface area contributed by atoms with Crippen LogP contribution < -0.4 is 5.32 Å². The van der Waals surface area contributed by atoms with Gasteiger partial charge >= 0.3 is 0 Å². The van der Waals surface area contributed by atoms with Crippen LogP contribution in [0.2, 0.25) is 0 Å². The fourth-order valence-corrected chi connectivity index (χ4v) is 2.63. The summed E-state index contributed by atoms with van der Waals surface area (Å²) in [7, 11) is 0. The Morgan fingerprint density at radius 2 is 2.14 bits per heavy atom. The Morgan fingerprint density at radius 3 is 2.90 bits per heavy atom. The monoisotopic (exact) mass is 286 g/mol. The first-order valence-electron chi connectivity index (χ1n) is 7.41. The van der Waals surface area contributed by atoms with Gasteiger partial charge in [0.2, 0.25) is 0 Å². The maximum absolute atomic E-state index is 5.78. The minimum Gasteiger partial charge on any atom is -0.348 e. The van der Waals surface area contributed by atoms with Crippen molar-refractivity contribution >= 4 is 10.9 Å². The number of hydrogen-bond donors (Lipinski definition) is 1. The molecule has 1 aromatic carbocycles. The van der Waals surface area contributed by atoms with E-state index in [1.807, 2.05) is 26.8 Å². The average Bonchev–Trinajstić information content (AvgIpc) is 2.78. The van der Waals surface area contributed by atoms with Gasteiger partial charge in [-0.15, -0.1) is 0 Å². The van der Waals surface area contributed by atoms with Crippen molar-refractivity contribution in [3.8, 4) is 0 Å². The van der Waals surface area contributed by atoms with Crippen LogP contribution >= 0.6 is 0 Å². The number of benzene rings is 1. The number of rotatable bonds is 4. The van der Waals surface area contributed by atoms with Gasteiger partial charge in [-0.3, -0.25) is 4.98 Å². The number of ether oxygens (including phenoxy) is 2. The highest BCUT2D eigenvalue weighted by Crippen LogP contribution is 2.21. The second kappa shape index (κ2) is 5.72. The van der Waals surface area contributed by atoms with E-state index >= 15 is 0 Å². The highest BCUT2D eigenvalue weighted by molar-refractivity contribution is 5.79. The molecule has 3 rings (SSSR count). The molecule has 1 fully saturated rings. The molecule has 1 aliphatic rings. The Kier molecular flexibility index (Phi) is 3.93. The van der Waals surface area contributed by atoms with Crippen LogP contribution in [0.15, 0.2) is 30.3 Å². The fourth-order valence-electron chi connectivity index (χ4n) is 2.63. The van der Waals surface area contributed by atoms with E-state index in [9.17, 15) is 0 Å². The fraction of sp³-hybridized carbons (Fsp3) is 0.471. The lowest BCUT2D eigenvalue weighted by Crippen LogP contribution is -2.30. The summed E-state index contributed by atoms with van der Waals surface area (Å²) in [6, 6.07) is 10.6. The van der Waals surface area contributed by atoms with E-state index in [-0.39, 0.29) is 6.10 Å². The van der Waals surface area contributed by atoms with Gasteiger partial charge in [-0.25, -0.2) is 0 Å². The SMILES string of the molecule is Cc1ccc2cc(CNCC3COC(C)(C)O3)ccc2n1. The lowest BCUT2D eigenvalue weighted by molar-refractivity contribution is -0.137. The molecule has 112 valence electrons. The highest BCUT2D eigenvalue weighted by Gasteiger charge is 2.32. The molecule has 1 aromatic heterocycles. The van der Waals surface area contributed by atoms with Crippen LogP contribution in [0.25, 0.3) is 10.9 Å². The molecule has 0 saturated carbocycles. The number of nitrogens with one attached hydrogen (secondary N) is 1. The molecule has 4 heteroatoms. The van der Waals surface area contributed by atoms with Gasteiger partial charge in [-0.2, -0.15) is 0 Å². The van der Waals surface area contributed by atoms with Crippen molar-refractivity contribution in [2.24, 2.45) is 0 Å². The van der Waals surface area contributed by atoms with Gasteiger partial charge in [-0.1, -0.05) is 12.1 Å². The predicted molar refractivity (Wildman–Crippen MR) is 83.1 cm³/mol. The molecule has 0 spiro atoms. The number of hydrogen-bond acceptors (Lipinski definition) is 4. The Hall–Kier alpha value is -1.49. The van der Waals surface area contributed by atoms with E-state index in [0.29, 0.717) is 6.61 Å². The van der Waals surface area contributed by atoms with Gasteiger partial charge < -0.3 is 14.8 Å². The van der Waals surface area contributed by atoms with E-state index in [0.717, 1.165) is 24.3 Å². The lowest BCUT2D eigenvalue weighted by Gasteiger charge is -2.17. The predicted octanol–water partition coefficient (Wildman–Crippen LogP) is 2.78. The molecule has 2 heterocycles. The van der Waals surface area contributed by atoms with Crippen molar-refractivity contribution in [2.45, 2.75) is 39.2 Å². The molecule has 1 atom stereocenters. The van der Waals surface area contributed by atoms with Gasteiger partial charge in [0.25, 0.3) is 0 Å². The molecule has 0 aliphatic carbocycles. The van der Waals surface area contributed by atoms with Crippen molar-refractivity contribution in [3.63, 3.8) is 0 Å². The summed E-state index contributed by atoms with van der Waals surface area (Å²) < 4.78 is 11.3. The minimum absolute atomic E-state index is 0.129. The van der Waals surface area contributed by atoms with Crippen LogP contribution in [0.1, 0.15) is 25.1 Å². The summed E-state index contributed by atoms with van der Waals surface area (Å²) in [6.07, 6.45) is 0.129. The van der Waals surface area contributed by atoms with E-state index < -0.39 is 5.79 Å². The first kappa shape index (κ1) is 14.4. The van der Waals surface area contributed by atoms with E-state index in [1.165, 1.54) is 10.9 Å². The Bertz CT molecular complexity index is 640. The zero-order chi connectivity index (χ0) is 14.9. The molecule has 1 N–H and O–H groups in total. The van der Waals surface area contributed by atoms with Crippen molar-refractivity contribution in [2.75, 3.05) is 13.2 Å². The van der Waals surface area contributed by atoms with Crippen LogP contribution in [-0.2, 0) is 16.0 Å². The second-order valence-corrected chi connectivity index (χ2v) is 6.06. The molecule has 1 unspecified atom stereocenters. The average molecular weight is 286 g/mol. The van der Waals surface area contributed by atoms with E-state index in [2.05, 4.69) is 34.6 Å². The van der Waals surface area contributed by atoms with Gasteiger partial charge in [0.15, 0.2) is 5.79 Å². The summed E-state index contributed by atoms with van der Waals surface area (Å²) in [5.74, 6) is -0.446.